The van der Waals surface area contributed by atoms with E-state index in [4.69, 9.17) is 19.9 Å². The predicted molar refractivity (Wildman–Crippen MR) is 67.0 cm³/mol. The maximum Gasteiger partial charge on any atom is 0.207 e. The molecule has 17 heavy (non-hydrogen) atoms. The highest BCUT2D eigenvalue weighted by Gasteiger charge is 2.30. The van der Waals surface area contributed by atoms with Gasteiger partial charge in [0.05, 0.1) is 12.6 Å². The molecule has 0 atom stereocenters. The van der Waals surface area contributed by atoms with Gasteiger partial charge in [-0.15, -0.1) is 0 Å². The van der Waals surface area contributed by atoms with Crippen molar-refractivity contribution in [2.24, 2.45) is 5.73 Å². The van der Waals surface area contributed by atoms with E-state index in [0.29, 0.717) is 0 Å². The Morgan fingerprint density at radius 3 is 2.00 bits per heavy atom. The lowest BCUT2D eigenvalue weighted by Gasteiger charge is -2.29. The van der Waals surface area contributed by atoms with Gasteiger partial charge in [-0.1, -0.05) is 0 Å². The van der Waals surface area contributed by atoms with Crippen LogP contribution in [0.2, 0.25) is 0 Å². The summed E-state index contributed by atoms with van der Waals surface area (Å²) in [5.74, 6) is -0.0574. The van der Waals surface area contributed by atoms with Crippen molar-refractivity contribution in [3.63, 3.8) is 0 Å². The maximum absolute atomic E-state index is 5.70. The summed E-state index contributed by atoms with van der Waals surface area (Å²) in [6.45, 7) is 4.23. The normalized spacial score (nSPS) is 11.9. The number of hydrogen-bond donors (Lipinski definition) is 1. The number of methoxy groups -OCH3 is 2. The second-order valence-electron chi connectivity index (χ2n) is 4.06. The van der Waals surface area contributed by atoms with Crippen LogP contribution in [-0.4, -0.2) is 26.9 Å². The summed E-state index contributed by atoms with van der Waals surface area (Å²) in [6, 6.07) is 7.57. The summed E-state index contributed by atoms with van der Waals surface area (Å²) in [4.78, 5) is 0. The number of benzene rings is 1. The van der Waals surface area contributed by atoms with Gasteiger partial charge in [-0.05, 0) is 38.1 Å². The van der Waals surface area contributed by atoms with Gasteiger partial charge in [0.15, 0.2) is 0 Å². The van der Waals surface area contributed by atoms with Crippen molar-refractivity contribution in [2.75, 3.05) is 20.8 Å². The molecule has 0 aliphatic rings. The third-order valence-electron chi connectivity index (χ3n) is 2.59. The molecular formula is C13H21NO3. The average Bonchev–Trinajstić information content (AvgIpc) is 2.33. The van der Waals surface area contributed by atoms with E-state index in [0.717, 1.165) is 11.3 Å². The molecule has 0 radical (unpaired) electrons. The van der Waals surface area contributed by atoms with Crippen LogP contribution in [0, 0.1) is 0 Å². The van der Waals surface area contributed by atoms with Crippen LogP contribution in [0.5, 0.6) is 5.75 Å². The SMILES string of the molecule is COC(CN)(OC)c1ccc(OC(C)C)cc1. The van der Waals surface area contributed by atoms with E-state index >= 15 is 0 Å². The number of ether oxygens (including phenoxy) is 3. The van der Waals surface area contributed by atoms with Crippen LogP contribution < -0.4 is 10.5 Å². The molecule has 0 aromatic heterocycles. The van der Waals surface area contributed by atoms with Crippen molar-refractivity contribution >= 4 is 0 Å². The molecule has 4 nitrogen and oxygen atoms in total. The largest absolute Gasteiger partial charge is 0.491 e. The van der Waals surface area contributed by atoms with Crippen LogP contribution in [0.3, 0.4) is 0 Å². The van der Waals surface area contributed by atoms with Crippen molar-refractivity contribution in [3.05, 3.63) is 29.8 Å². The fourth-order valence-electron chi connectivity index (χ4n) is 1.66. The summed E-state index contributed by atoms with van der Waals surface area (Å²) in [5, 5.41) is 0. The first-order valence-corrected chi connectivity index (χ1v) is 5.65. The Labute approximate surface area is 103 Å². The number of nitrogens with two attached hydrogens (primary N) is 1. The minimum atomic E-state index is -0.879. The summed E-state index contributed by atoms with van der Waals surface area (Å²) in [5.41, 5.74) is 6.57. The molecule has 0 aliphatic carbocycles. The van der Waals surface area contributed by atoms with Gasteiger partial charge in [0.1, 0.15) is 5.75 Å². The topological polar surface area (TPSA) is 53.7 Å². The van der Waals surface area contributed by atoms with E-state index in [1.165, 1.54) is 0 Å². The monoisotopic (exact) mass is 239 g/mol. The minimum Gasteiger partial charge on any atom is -0.491 e. The second kappa shape index (κ2) is 6.00. The van der Waals surface area contributed by atoms with Crippen LogP contribution in [0.25, 0.3) is 0 Å². The first-order chi connectivity index (χ1) is 8.07. The van der Waals surface area contributed by atoms with Crippen molar-refractivity contribution < 1.29 is 14.2 Å². The lowest BCUT2D eigenvalue weighted by molar-refractivity contribution is -0.207. The molecule has 0 saturated carbocycles. The van der Waals surface area contributed by atoms with E-state index in [1.807, 2.05) is 38.1 Å². The molecule has 96 valence electrons. The van der Waals surface area contributed by atoms with Crippen molar-refractivity contribution in [1.29, 1.82) is 0 Å². The number of rotatable bonds is 6. The van der Waals surface area contributed by atoms with Crippen molar-refractivity contribution in [2.45, 2.75) is 25.7 Å². The minimum absolute atomic E-state index is 0.157. The molecule has 0 heterocycles. The Kier molecular flexibility index (Phi) is 4.93. The second-order valence-corrected chi connectivity index (χ2v) is 4.06. The first kappa shape index (κ1) is 14.0. The van der Waals surface area contributed by atoms with Gasteiger partial charge in [-0.25, -0.2) is 0 Å². The third kappa shape index (κ3) is 3.19. The Balaban J connectivity index is 2.92. The molecule has 1 rings (SSSR count). The highest BCUT2D eigenvalue weighted by molar-refractivity contribution is 5.30. The molecule has 1 aromatic rings. The zero-order chi connectivity index (χ0) is 12.9. The van der Waals surface area contributed by atoms with Gasteiger partial charge in [0.25, 0.3) is 0 Å². The Morgan fingerprint density at radius 1 is 1.12 bits per heavy atom. The van der Waals surface area contributed by atoms with Gasteiger partial charge in [-0.3, -0.25) is 0 Å². The molecule has 4 heteroatoms. The van der Waals surface area contributed by atoms with E-state index in [1.54, 1.807) is 14.2 Å². The zero-order valence-electron chi connectivity index (χ0n) is 10.9. The van der Waals surface area contributed by atoms with Crippen LogP contribution in [0.1, 0.15) is 19.4 Å². The molecule has 0 spiro atoms. The van der Waals surface area contributed by atoms with Gasteiger partial charge in [-0.2, -0.15) is 0 Å². The Morgan fingerprint density at radius 2 is 1.65 bits per heavy atom. The van der Waals surface area contributed by atoms with Gasteiger partial charge < -0.3 is 19.9 Å². The van der Waals surface area contributed by atoms with Gasteiger partial charge >= 0.3 is 0 Å². The highest BCUT2D eigenvalue weighted by atomic mass is 16.7. The summed E-state index contributed by atoms with van der Waals surface area (Å²) >= 11 is 0. The number of hydrogen-bond acceptors (Lipinski definition) is 4. The Bertz CT molecular complexity index is 323. The maximum atomic E-state index is 5.70. The summed E-state index contributed by atoms with van der Waals surface area (Å²) < 4.78 is 16.3. The summed E-state index contributed by atoms with van der Waals surface area (Å²) in [6.07, 6.45) is 0.157. The first-order valence-electron chi connectivity index (χ1n) is 5.65. The summed E-state index contributed by atoms with van der Waals surface area (Å²) in [7, 11) is 3.16. The molecule has 1 aromatic carbocycles. The van der Waals surface area contributed by atoms with Crippen molar-refractivity contribution in [1.82, 2.24) is 0 Å². The zero-order valence-corrected chi connectivity index (χ0v) is 10.9. The molecule has 0 saturated heterocycles. The molecule has 0 amide bonds. The van der Waals surface area contributed by atoms with Crippen LogP contribution >= 0.6 is 0 Å². The van der Waals surface area contributed by atoms with Crippen LogP contribution in [0.15, 0.2) is 24.3 Å². The van der Waals surface area contributed by atoms with Gasteiger partial charge in [0, 0.05) is 19.8 Å². The van der Waals surface area contributed by atoms with E-state index in [2.05, 4.69) is 0 Å². The fraction of sp³-hybridized carbons (Fsp3) is 0.538. The quantitative estimate of drug-likeness (QED) is 0.770. The smallest absolute Gasteiger partial charge is 0.207 e. The van der Waals surface area contributed by atoms with Crippen LogP contribution in [-0.2, 0) is 15.3 Å². The molecule has 2 N–H and O–H groups in total. The van der Waals surface area contributed by atoms with E-state index in [-0.39, 0.29) is 12.6 Å². The fourth-order valence-corrected chi connectivity index (χ4v) is 1.66. The highest BCUT2D eigenvalue weighted by Crippen LogP contribution is 2.26. The lowest BCUT2D eigenvalue weighted by Crippen LogP contribution is -2.38. The Hall–Kier alpha value is -1.10. The lowest BCUT2D eigenvalue weighted by atomic mass is 10.1. The molecule has 0 fully saturated rings. The third-order valence-corrected chi connectivity index (χ3v) is 2.59. The molecule has 0 aliphatic heterocycles. The predicted octanol–water partition coefficient (Wildman–Crippen LogP) is 1.88. The molecular weight excluding hydrogens is 218 g/mol. The van der Waals surface area contributed by atoms with Crippen molar-refractivity contribution in [3.8, 4) is 5.75 Å². The van der Waals surface area contributed by atoms with Gasteiger partial charge in [0.2, 0.25) is 5.79 Å². The standard InChI is InChI=1S/C13H21NO3/c1-10(2)17-12-7-5-11(6-8-12)13(9-14,15-3)16-4/h5-8,10H,9,14H2,1-4H3. The van der Waals surface area contributed by atoms with Crippen LogP contribution in [0.4, 0.5) is 0 Å². The average molecular weight is 239 g/mol. The van der Waals surface area contributed by atoms with E-state index < -0.39 is 5.79 Å². The molecule has 0 unspecified atom stereocenters. The van der Waals surface area contributed by atoms with E-state index in [9.17, 15) is 0 Å². The molecule has 0 bridgehead atoms.